The van der Waals surface area contributed by atoms with E-state index >= 15 is 0 Å². The molecule has 1 aromatic rings. The third kappa shape index (κ3) is 4.61. The lowest BCUT2D eigenvalue weighted by atomic mass is 10.2. The van der Waals surface area contributed by atoms with Crippen LogP contribution in [0, 0.1) is 0 Å². The highest BCUT2D eigenvalue weighted by Gasteiger charge is 2.31. The minimum Gasteiger partial charge on any atom is -0.373 e. The standard InChI is InChI=1S/C13H20F3N3/c1-4-5-6-7-19(3)12-9-10(13(14,15)16)8-11(17-2)18-12/h8-9H,4-7H2,1-3H3,(H,17,18). The SMILES string of the molecule is CCCCCN(C)c1cc(C(F)(F)F)cc(NC)n1. The van der Waals surface area contributed by atoms with Gasteiger partial charge in [0.2, 0.25) is 0 Å². The first kappa shape index (κ1) is 15.6. The van der Waals surface area contributed by atoms with Gasteiger partial charge in [-0.25, -0.2) is 4.98 Å². The Morgan fingerprint density at radius 2 is 1.95 bits per heavy atom. The van der Waals surface area contributed by atoms with Gasteiger partial charge in [0.1, 0.15) is 11.6 Å². The molecule has 0 aliphatic carbocycles. The maximum atomic E-state index is 12.8. The van der Waals surface area contributed by atoms with Crippen molar-refractivity contribution in [1.82, 2.24) is 4.98 Å². The van der Waals surface area contributed by atoms with E-state index in [0.717, 1.165) is 31.4 Å². The number of rotatable bonds is 6. The average molecular weight is 275 g/mol. The van der Waals surface area contributed by atoms with Gasteiger partial charge < -0.3 is 10.2 Å². The van der Waals surface area contributed by atoms with Crippen LogP contribution in [-0.2, 0) is 6.18 Å². The van der Waals surface area contributed by atoms with E-state index in [9.17, 15) is 13.2 Å². The van der Waals surface area contributed by atoms with Gasteiger partial charge in [0, 0.05) is 20.6 Å². The molecule has 0 aromatic carbocycles. The molecule has 0 aliphatic rings. The number of unbranched alkanes of at least 4 members (excludes halogenated alkanes) is 2. The van der Waals surface area contributed by atoms with Crippen LogP contribution >= 0.6 is 0 Å². The molecule has 0 atom stereocenters. The van der Waals surface area contributed by atoms with Crippen LogP contribution in [0.2, 0.25) is 0 Å². The molecule has 3 nitrogen and oxygen atoms in total. The van der Waals surface area contributed by atoms with Gasteiger partial charge in [-0.15, -0.1) is 0 Å². The van der Waals surface area contributed by atoms with E-state index in [0.29, 0.717) is 12.4 Å². The van der Waals surface area contributed by atoms with Gasteiger partial charge in [-0.1, -0.05) is 19.8 Å². The third-order valence-electron chi connectivity index (χ3n) is 2.88. The van der Waals surface area contributed by atoms with E-state index in [1.54, 1.807) is 19.0 Å². The van der Waals surface area contributed by atoms with E-state index in [4.69, 9.17) is 0 Å². The summed E-state index contributed by atoms with van der Waals surface area (Å²) >= 11 is 0. The molecular weight excluding hydrogens is 255 g/mol. The van der Waals surface area contributed by atoms with E-state index in [-0.39, 0.29) is 5.82 Å². The Hall–Kier alpha value is -1.46. The predicted octanol–water partition coefficient (Wildman–Crippen LogP) is 3.77. The summed E-state index contributed by atoms with van der Waals surface area (Å²) in [4.78, 5) is 5.91. The first-order chi connectivity index (χ1) is 8.88. The second-order valence-corrected chi connectivity index (χ2v) is 4.48. The number of anilines is 2. The summed E-state index contributed by atoms with van der Waals surface area (Å²) in [6.07, 6.45) is -1.28. The quantitative estimate of drug-likeness (QED) is 0.801. The van der Waals surface area contributed by atoms with Gasteiger partial charge in [-0.2, -0.15) is 13.2 Å². The Balaban J connectivity index is 2.93. The van der Waals surface area contributed by atoms with Gasteiger partial charge >= 0.3 is 6.18 Å². The van der Waals surface area contributed by atoms with Crippen LogP contribution in [0.25, 0.3) is 0 Å². The summed E-state index contributed by atoms with van der Waals surface area (Å²) in [7, 11) is 3.32. The van der Waals surface area contributed by atoms with Crippen LogP contribution in [0.3, 0.4) is 0 Å². The van der Waals surface area contributed by atoms with E-state index in [2.05, 4.69) is 17.2 Å². The average Bonchev–Trinajstić information content (AvgIpc) is 2.37. The lowest BCUT2D eigenvalue weighted by Gasteiger charge is -2.20. The zero-order valence-electron chi connectivity index (χ0n) is 11.5. The monoisotopic (exact) mass is 275 g/mol. The second-order valence-electron chi connectivity index (χ2n) is 4.48. The molecule has 1 heterocycles. The van der Waals surface area contributed by atoms with Gasteiger partial charge in [-0.3, -0.25) is 0 Å². The first-order valence-electron chi connectivity index (χ1n) is 6.36. The fourth-order valence-corrected chi connectivity index (χ4v) is 1.72. The number of hydrogen-bond donors (Lipinski definition) is 1. The lowest BCUT2D eigenvalue weighted by Crippen LogP contribution is -2.21. The lowest BCUT2D eigenvalue weighted by molar-refractivity contribution is -0.137. The molecule has 0 saturated carbocycles. The van der Waals surface area contributed by atoms with Crippen LogP contribution in [0.4, 0.5) is 24.8 Å². The Kier molecular flexibility index (Phi) is 5.44. The maximum absolute atomic E-state index is 12.8. The molecule has 0 spiro atoms. The Labute approximate surface area is 111 Å². The smallest absolute Gasteiger partial charge is 0.373 e. The summed E-state index contributed by atoms with van der Waals surface area (Å²) < 4.78 is 38.3. The molecule has 1 aromatic heterocycles. The summed E-state index contributed by atoms with van der Waals surface area (Å²) in [5.41, 5.74) is -0.677. The maximum Gasteiger partial charge on any atom is 0.416 e. The molecule has 0 bridgehead atoms. The van der Waals surface area contributed by atoms with E-state index < -0.39 is 11.7 Å². The van der Waals surface area contributed by atoms with Crippen LogP contribution in [0.15, 0.2) is 12.1 Å². The normalized spacial score (nSPS) is 11.5. The van der Waals surface area contributed by atoms with Crippen molar-refractivity contribution in [3.8, 4) is 0 Å². The highest BCUT2D eigenvalue weighted by Crippen LogP contribution is 2.32. The van der Waals surface area contributed by atoms with Gasteiger partial charge in [-0.05, 0) is 18.6 Å². The number of nitrogens with zero attached hydrogens (tertiary/aromatic N) is 2. The fraction of sp³-hybridized carbons (Fsp3) is 0.615. The van der Waals surface area contributed by atoms with E-state index in [1.165, 1.54) is 0 Å². The minimum absolute atomic E-state index is 0.229. The largest absolute Gasteiger partial charge is 0.416 e. The molecule has 0 fully saturated rings. The molecule has 0 saturated heterocycles. The molecule has 1 N–H and O–H groups in total. The van der Waals surface area contributed by atoms with Crippen LogP contribution in [0.5, 0.6) is 0 Å². The number of hydrogen-bond acceptors (Lipinski definition) is 3. The molecule has 0 aliphatic heterocycles. The van der Waals surface area contributed by atoms with Crippen molar-refractivity contribution in [2.45, 2.75) is 32.4 Å². The summed E-state index contributed by atoms with van der Waals surface area (Å²) in [5, 5.41) is 2.66. The zero-order chi connectivity index (χ0) is 14.5. The van der Waals surface area contributed by atoms with Gasteiger partial charge in [0.15, 0.2) is 0 Å². The van der Waals surface area contributed by atoms with Crippen molar-refractivity contribution in [1.29, 1.82) is 0 Å². The van der Waals surface area contributed by atoms with Crippen LogP contribution < -0.4 is 10.2 Å². The molecule has 6 heteroatoms. The number of alkyl halides is 3. The van der Waals surface area contributed by atoms with Crippen molar-refractivity contribution in [3.63, 3.8) is 0 Å². The van der Waals surface area contributed by atoms with Crippen molar-refractivity contribution in [3.05, 3.63) is 17.7 Å². The molecule has 0 radical (unpaired) electrons. The Bertz CT molecular complexity index is 405. The van der Waals surface area contributed by atoms with Crippen molar-refractivity contribution >= 4 is 11.6 Å². The minimum atomic E-state index is -4.35. The predicted molar refractivity (Wildman–Crippen MR) is 71.6 cm³/mol. The molecule has 0 amide bonds. The highest BCUT2D eigenvalue weighted by molar-refractivity contribution is 5.50. The second kappa shape index (κ2) is 6.63. The Morgan fingerprint density at radius 3 is 2.47 bits per heavy atom. The van der Waals surface area contributed by atoms with E-state index in [1.807, 2.05) is 0 Å². The van der Waals surface area contributed by atoms with Crippen LogP contribution in [-0.4, -0.2) is 25.6 Å². The molecule has 19 heavy (non-hydrogen) atoms. The van der Waals surface area contributed by atoms with Gasteiger partial charge in [0.25, 0.3) is 0 Å². The number of nitrogens with one attached hydrogen (secondary N) is 1. The summed E-state index contributed by atoms with van der Waals surface area (Å²) in [6.45, 7) is 2.78. The van der Waals surface area contributed by atoms with Gasteiger partial charge in [0.05, 0.1) is 5.56 Å². The molecule has 0 unspecified atom stereocenters. The first-order valence-corrected chi connectivity index (χ1v) is 6.36. The summed E-state index contributed by atoms with van der Waals surface area (Å²) in [6, 6.07) is 2.11. The number of halogens is 3. The number of aromatic nitrogens is 1. The number of pyridine rings is 1. The Morgan fingerprint density at radius 1 is 1.26 bits per heavy atom. The fourth-order valence-electron chi connectivity index (χ4n) is 1.72. The van der Waals surface area contributed by atoms with Crippen molar-refractivity contribution in [2.75, 3.05) is 30.9 Å². The molecule has 108 valence electrons. The summed E-state index contributed by atoms with van der Waals surface area (Å²) in [5.74, 6) is 0.572. The molecule has 1 rings (SSSR count). The van der Waals surface area contributed by atoms with Crippen molar-refractivity contribution < 1.29 is 13.2 Å². The van der Waals surface area contributed by atoms with Crippen molar-refractivity contribution in [2.24, 2.45) is 0 Å². The highest BCUT2D eigenvalue weighted by atomic mass is 19.4. The zero-order valence-corrected chi connectivity index (χ0v) is 11.5. The molecular formula is C13H20F3N3. The van der Waals surface area contributed by atoms with Crippen LogP contribution in [0.1, 0.15) is 31.7 Å². The topological polar surface area (TPSA) is 28.2 Å². The third-order valence-corrected chi connectivity index (χ3v) is 2.88.